The van der Waals surface area contributed by atoms with Gasteiger partial charge < -0.3 is 42.0 Å². The number of rotatable bonds is 13. The van der Waals surface area contributed by atoms with Crippen molar-refractivity contribution in [2.45, 2.75) is 37.9 Å². The van der Waals surface area contributed by atoms with Crippen molar-refractivity contribution in [2.75, 3.05) is 12.3 Å². The number of amides is 4. The molecule has 9 N–H and O–H groups in total. The second-order valence-corrected chi connectivity index (χ2v) is 13.4. The number of hydrogen-bond acceptors (Lipinski definition) is 9. The Balaban J connectivity index is 1.20. The molecule has 1 heterocycles. The highest BCUT2D eigenvalue weighted by atomic mass is 16.4. The molecule has 0 radical (unpaired) electrons. The Morgan fingerprint density at radius 1 is 0.772 bits per heavy atom. The van der Waals surface area contributed by atoms with Crippen LogP contribution in [0.15, 0.2) is 125 Å². The van der Waals surface area contributed by atoms with E-state index in [1.165, 1.54) is 25.1 Å². The van der Waals surface area contributed by atoms with Crippen LogP contribution in [-0.2, 0) is 32.0 Å². The number of carboxylic acid groups (broad SMARTS) is 1. The summed E-state index contributed by atoms with van der Waals surface area (Å²) in [6, 6.07) is 28.7. The molecule has 0 bridgehead atoms. The summed E-state index contributed by atoms with van der Waals surface area (Å²) >= 11 is 0. The maximum atomic E-state index is 13.8. The number of benzene rings is 5. The molecule has 1 aliphatic heterocycles. The number of nitrogens with one attached hydrogen (secondary N) is 3. The van der Waals surface area contributed by atoms with E-state index in [1.54, 1.807) is 91.0 Å². The second-order valence-electron chi connectivity index (χ2n) is 13.4. The first-order valence-electron chi connectivity index (χ1n) is 18.0. The van der Waals surface area contributed by atoms with Crippen molar-refractivity contribution in [3.63, 3.8) is 0 Å². The van der Waals surface area contributed by atoms with Gasteiger partial charge in [0.2, 0.25) is 17.7 Å². The van der Waals surface area contributed by atoms with Crippen LogP contribution in [0.25, 0.3) is 33.4 Å². The number of aromatic hydroxyl groups is 1. The Labute approximate surface area is 326 Å². The molecule has 2 aliphatic rings. The summed E-state index contributed by atoms with van der Waals surface area (Å²) in [5.41, 5.74) is 16.1. The molecule has 57 heavy (non-hydrogen) atoms. The van der Waals surface area contributed by atoms with Gasteiger partial charge in [0.25, 0.3) is 5.91 Å². The van der Waals surface area contributed by atoms with Crippen LogP contribution < -0.4 is 32.8 Å². The minimum Gasteiger partial charge on any atom is -0.508 e. The molecule has 3 atom stereocenters. The van der Waals surface area contributed by atoms with Gasteiger partial charge in [-0.25, -0.2) is 9.79 Å². The van der Waals surface area contributed by atoms with Crippen molar-refractivity contribution in [3.05, 3.63) is 137 Å². The Morgan fingerprint density at radius 3 is 2.21 bits per heavy atom. The third-order valence-corrected chi connectivity index (χ3v) is 9.22. The third kappa shape index (κ3) is 9.68. The van der Waals surface area contributed by atoms with Crippen LogP contribution in [0, 0.1) is 0 Å². The van der Waals surface area contributed by atoms with E-state index in [1.807, 2.05) is 6.07 Å². The molecule has 14 heteroatoms. The van der Waals surface area contributed by atoms with E-state index in [9.17, 15) is 34.2 Å². The lowest BCUT2D eigenvalue weighted by Gasteiger charge is -2.19. The van der Waals surface area contributed by atoms with E-state index in [0.717, 1.165) is 11.1 Å². The zero-order chi connectivity index (χ0) is 40.6. The highest BCUT2D eigenvalue weighted by Gasteiger charge is 2.25. The molecule has 4 amide bonds. The van der Waals surface area contributed by atoms with E-state index in [2.05, 4.69) is 20.9 Å². The average molecular weight is 769 g/mol. The lowest BCUT2D eigenvalue weighted by molar-refractivity contribution is -0.131. The number of carboxylic acids is 1. The number of nitrogens with zero attached hydrogens (tertiary/aromatic N) is 1. The SMILES string of the molecule is C[C@@H](NC(=O)[C@@H](N)Cc1ccc(O)cc1)C(=O)NCC(=O)N[C@@H](Cc1ccccc1)C(=O)N=c1ccc2c(-c3ccccc3C(=O)O)c3ccc(N)cc3oc-2c1. The maximum absolute atomic E-state index is 13.8. The smallest absolute Gasteiger partial charge is 0.336 e. The second kappa shape index (κ2) is 17.4. The minimum absolute atomic E-state index is 0.0796. The summed E-state index contributed by atoms with van der Waals surface area (Å²) in [4.78, 5) is 68.9. The van der Waals surface area contributed by atoms with Crippen LogP contribution in [0.5, 0.6) is 5.75 Å². The first-order valence-corrected chi connectivity index (χ1v) is 18.0. The lowest BCUT2D eigenvalue weighted by atomic mass is 9.91. The van der Waals surface area contributed by atoms with Crippen LogP contribution in [-0.4, -0.2) is 64.5 Å². The van der Waals surface area contributed by atoms with Crippen LogP contribution in [0.3, 0.4) is 0 Å². The van der Waals surface area contributed by atoms with Crippen molar-refractivity contribution in [1.29, 1.82) is 0 Å². The van der Waals surface area contributed by atoms with E-state index >= 15 is 0 Å². The highest BCUT2D eigenvalue weighted by Crippen LogP contribution is 2.41. The number of carbonyl (C=O) groups excluding carboxylic acids is 4. The molecule has 0 spiro atoms. The maximum Gasteiger partial charge on any atom is 0.336 e. The van der Waals surface area contributed by atoms with Gasteiger partial charge in [-0.1, -0.05) is 60.7 Å². The number of anilines is 1. The van der Waals surface area contributed by atoms with Gasteiger partial charge in [0, 0.05) is 40.8 Å². The monoisotopic (exact) mass is 768 g/mol. The minimum atomic E-state index is -1.13. The van der Waals surface area contributed by atoms with E-state index in [0.29, 0.717) is 39.1 Å². The zero-order valence-electron chi connectivity index (χ0n) is 30.8. The first-order chi connectivity index (χ1) is 27.4. The average Bonchev–Trinajstić information content (AvgIpc) is 3.19. The first kappa shape index (κ1) is 39.4. The van der Waals surface area contributed by atoms with E-state index < -0.39 is 54.3 Å². The fourth-order valence-electron chi connectivity index (χ4n) is 6.33. The molecule has 0 saturated heterocycles. The Bertz CT molecular complexity index is 2500. The van der Waals surface area contributed by atoms with E-state index in [-0.39, 0.29) is 29.5 Å². The number of carbonyl (C=O) groups is 5. The Hall–Kier alpha value is -7.32. The fourth-order valence-corrected chi connectivity index (χ4v) is 6.33. The molecule has 1 aliphatic carbocycles. The Morgan fingerprint density at radius 2 is 1.47 bits per heavy atom. The molecule has 0 unspecified atom stereocenters. The summed E-state index contributed by atoms with van der Waals surface area (Å²) in [6.45, 7) is 0.948. The number of aromatic carboxylic acids is 1. The number of nitrogens with two attached hydrogens (primary N) is 2. The van der Waals surface area contributed by atoms with Gasteiger partial charge >= 0.3 is 5.97 Å². The van der Waals surface area contributed by atoms with Crippen molar-refractivity contribution in [1.82, 2.24) is 16.0 Å². The van der Waals surface area contributed by atoms with Gasteiger partial charge in [-0.15, -0.1) is 0 Å². The number of fused-ring (bicyclic) bond motifs is 2. The number of nitrogen functional groups attached to an aromatic ring is 1. The topological polar surface area (TPSA) is 239 Å². The summed E-state index contributed by atoms with van der Waals surface area (Å²) in [6.07, 6.45) is 0.263. The van der Waals surface area contributed by atoms with Crippen molar-refractivity contribution < 1.29 is 38.6 Å². The summed E-state index contributed by atoms with van der Waals surface area (Å²) in [5, 5.41) is 28.0. The van der Waals surface area contributed by atoms with Gasteiger partial charge in [-0.2, -0.15) is 0 Å². The van der Waals surface area contributed by atoms with Crippen LogP contribution in [0.2, 0.25) is 0 Å². The summed E-state index contributed by atoms with van der Waals surface area (Å²) in [5.74, 6) is -3.29. The normalized spacial score (nSPS) is 13.1. The van der Waals surface area contributed by atoms with Gasteiger partial charge in [0.15, 0.2) is 0 Å². The molecular weight excluding hydrogens is 729 g/mol. The zero-order valence-corrected chi connectivity index (χ0v) is 30.8. The highest BCUT2D eigenvalue weighted by molar-refractivity contribution is 6.07. The number of hydrogen-bond donors (Lipinski definition) is 7. The third-order valence-electron chi connectivity index (χ3n) is 9.22. The molecule has 4 aromatic rings. The van der Waals surface area contributed by atoms with Gasteiger partial charge in [0.1, 0.15) is 29.2 Å². The predicted molar refractivity (Wildman–Crippen MR) is 213 cm³/mol. The van der Waals surface area contributed by atoms with Crippen molar-refractivity contribution in [2.24, 2.45) is 10.7 Å². The van der Waals surface area contributed by atoms with Crippen LogP contribution in [0.4, 0.5) is 5.69 Å². The van der Waals surface area contributed by atoms with Crippen molar-refractivity contribution in [3.8, 4) is 28.2 Å². The summed E-state index contributed by atoms with van der Waals surface area (Å²) in [7, 11) is 0. The molecule has 6 rings (SSSR count). The molecule has 290 valence electrons. The largest absolute Gasteiger partial charge is 0.508 e. The quantitative estimate of drug-likeness (QED) is 0.0666. The molecule has 4 aromatic carbocycles. The molecule has 0 saturated carbocycles. The molecule has 0 fully saturated rings. The van der Waals surface area contributed by atoms with Gasteiger partial charge in [-0.3, -0.25) is 19.2 Å². The molecular formula is C43H40N6O8. The van der Waals surface area contributed by atoms with Gasteiger partial charge in [0.05, 0.1) is 23.5 Å². The number of phenolic OH excluding ortho intramolecular Hbond substituents is 1. The van der Waals surface area contributed by atoms with Crippen LogP contribution in [0.1, 0.15) is 28.4 Å². The fraction of sp³-hybridized carbons (Fsp3) is 0.163. The van der Waals surface area contributed by atoms with Crippen molar-refractivity contribution >= 4 is 46.3 Å². The predicted octanol–water partition coefficient (Wildman–Crippen LogP) is 3.54. The van der Waals surface area contributed by atoms with Gasteiger partial charge in [-0.05, 0) is 72.5 Å². The lowest BCUT2D eigenvalue weighted by Crippen LogP contribution is -2.52. The van der Waals surface area contributed by atoms with Crippen LogP contribution >= 0.6 is 0 Å². The van der Waals surface area contributed by atoms with E-state index in [4.69, 9.17) is 15.9 Å². The Kier molecular flexibility index (Phi) is 12.0. The molecule has 14 nitrogen and oxygen atoms in total. The summed E-state index contributed by atoms with van der Waals surface area (Å²) < 4.78 is 6.22. The number of phenols is 1. The standard InChI is InChI=1S/C43H40N6O8/c1-24(47-41(53)34(45)19-26-11-15-29(50)16-12-26)40(52)46-23-38(51)49-35(20-25-7-3-2-4-8-25)42(54)48-28-14-18-33-37(22-28)57-36-21-27(44)13-17-32(36)39(33)30-9-5-6-10-31(30)43(55)56/h2-18,21-22,24,34-35,50H,19-20,23,44-45H2,1H3,(H,46,52)(H,47,53)(H,49,51)(H,55,56)/t24-,34+,35+/m1/s1. The molecule has 0 aromatic heterocycles.